The molecule has 0 aliphatic heterocycles. The average molecular weight is 848 g/mol. The van der Waals surface area contributed by atoms with Crippen LogP contribution in [-0.2, 0) is 18.2 Å². The van der Waals surface area contributed by atoms with Gasteiger partial charge in [0.05, 0.1) is 0 Å². The summed E-state index contributed by atoms with van der Waals surface area (Å²) in [4.78, 5) is 9.47. The van der Waals surface area contributed by atoms with E-state index in [2.05, 4.69) is 202 Å². The zero-order valence-electron chi connectivity index (χ0n) is 30.1. The van der Waals surface area contributed by atoms with Gasteiger partial charge in [0.25, 0.3) is 0 Å². The van der Waals surface area contributed by atoms with E-state index in [-0.39, 0.29) is 0 Å². The van der Waals surface area contributed by atoms with Gasteiger partial charge >= 0.3 is 0 Å². The lowest BCUT2D eigenvalue weighted by Gasteiger charge is -2.12. The van der Waals surface area contributed by atoms with Gasteiger partial charge in [-0.05, 0) is 181 Å². The molecule has 0 amide bonds. The highest BCUT2D eigenvalue weighted by Crippen LogP contribution is 2.21. The van der Waals surface area contributed by atoms with Crippen LogP contribution < -0.4 is 0 Å². The molecule has 6 aromatic rings. The number of benzene rings is 2. The molecule has 0 aliphatic rings. The molecule has 0 aliphatic carbocycles. The van der Waals surface area contributed by atoms with Crippen molar-refractivity contribution in [1.82, 2.24) is 19.1 Å². The fourth-order valence-electron chi connectivity index (χ4n) is 6.07. The molecule has 256 valence electrons. The van der Waals surface area contributed by atoms with Crippen LogP contribution in [0.5, 0.6) is 0 Å². The molecule has 7 heteroatoms. The van der Waals surface area contributed by atoms with Crippen LogP contribution in [0.1, 0.15) is 67.5 Å². The molecule has 0 atom stereocenters. The summed E-state index contributed by atoms with van der Waals surface area (Å²) in [7, 11) is 0. The summed E-state index contributed by atoms with van der Waals surface area (Å²) >= 11 is 10.4. The van der Waals surface area contributed by atoms with Crippen molar-refractivity contribution >= 4 is 47.8 Å². The third-order valence-electron chi connectivity index (χ3n) is 8.12. The molecular formula is C42H47Br3N4. The first-order chi connectivity index (χ1) is 23.2. The van der Waals surface area contributed by atoms with Crippen molar-refractivity contribution in [2.45, 2.75) is 80.5 Å². The van der Waals surface area contributed by atoms with Crippen molar-refractivity contribution in [3.05, 3.63) is 161 Å². The first kappa shape index (κ1) is 38.5. The molecule has 2 aromatic carbocycles. The Morgan fingerprint density at radius 2 is 0.898 bits per heavy atom. The van der Waals surface area contributed by atoms with E-state index in [0.717, 1.165) is 50.1 Å². The van der Waals surface area contributed by atoms with Gasteiger partial charge < -0.3 is 9.13 Å². The Balaban J connectivity index is 0.000000184. The van der Waals surface area contributed by atoms with Crippen LogP contribution >= 0.6 is 47.8 Å². The number of halogens is 3. The highest BCUT2D eigenvalue weighted by atomic mass is 79.9. The van der Waals surface area contributed by atoms with Gasteiger partial charge in [0.1, 0.15) is 11.6 Å². The van der Waals surface area contributed by atoms with E-state index < -0.39 is 0 Å². The van der Waals surface area contributed by atoms with Crippen molar-refractivity contribution in [2.75, 3.05) is 0 Å². The molecular weight excluding hydrogens is 800 g/mol. The molecule has 0 fully saturated rings. The number of aryl methyl sites for hydroxylation is 11. The molecule has 6 rings (SSSR count). The van der Waals surface area contributed by atoms with Gasteiger partial charge in [0, 0.05) is 48.4 Å². The summed E-state index contributed by atoms with van der Waals surface area (Å²) in [6, 6.07) is 30.1. The zero-order chi connectivity index (χ0) is 35.8. The minimum atomic E-state index is 0.924. The Hall–Kier alpha value is -3.26. The number of hydrogen-bond acceptors (Lipinski definition) is 2. The van der Waals surface area contributed by atoms with Crippen molar-refractivity contribution in [1.29, 1.82) is 0 Å². The molecule has 0 saturated carbocycles. The lowest BCUT2D eigenvalue weighted by Crippen LogP contribution is -2.05. The highest BCUT2D eigenvalue weighted by Gasteiger charge is 2.09. The molecule has 4 nitrogen and oxygen atoms in total. The van der Waals surface area contributed by atoms with Crippen LogP contribution in [0.25, 0.3) is 11.6 Å². The maximum absolute atomic E-state index is 4.91. The third-order valence-corrected chi connectivity index (χ3v) is 9.69. The first-order valence-corrected chi connectivity index (χ1v) is 19.2. The fraction of sp³-hybridized carbons (Fsp3) is 0.286. The number of rotatable bonds is 6. The Labute approximate surface area is 318 Å². The standard InChI is InChI=1S/C21H23BrN2.C13H16N2.C8H8Br2/c1-14-9-18(13-19(22)10-14)7-8-20-11-15(2)12-21(23-20)24-16(3)5-6-17(24)4;1-9-7-10(2)14-13(8-9)15-11(3)5-6-12(15)4;1-6-2-7(5-9)4-8(10)3-6/h5-6,9-13H,7-8H2,1-4H3;5-8H,1-4H3;2-4H,5H2,1H3. The predicted octanol–water partition coefficient (Wildman–Crippen LogP) is 12.4. The van der Waals surface area contributed by atoms with Crippen LogP contribution in [0.3, 0.4) is 0 Å². The number of nitrogens with zero attached hydrogens (tertiary/aromatic N) is 4. The molecule has 0 radical (unpaired) electrons. The second kappa shape index (κ2) is 17.6. The van der Waals surface area contributed by atoms with Crippen LogP contribution in [0.15, 0.2) is 93.9 Å². The summed E-state index contributed by atoms with van der Waals surface area (Å²) in [6.07, 6.45) is 1.95. The Bertz CT molecular complexity index is 1940. The number of hydrogen-bond donors (Lipinski definition) is 0. The van der Waals surface area contributed by atoms with Gasteiger partial charge in [-0.15, -0.1) is 0 Å². The number of pyridine rings is 2. The van der Waals surface area contributed by atoms with E-state index in [1.165, 1.54) is 56.2 Å². The summed E-state index contributed by atoms with van der Waals surface area (Å²) in [6.45, 7) is 19.0. The molecule has 0 unspecified atom stereocenters. The van der Waals surface area contributed by atoms with Gasteiger partial charge in [0.2, 0.25) is 0 Å². The van der Waals surface area contributed by atoms with Crippen molar-refractivity contribution in [3.8, 4) is 11.6 Å². The third kappa shape index (κ3) is 11.1. The van der Waals surface area contributed by atoms with Gasteiger partial charge in [-0.25, -0.2) is 9.97 Å². The predicted molar refractivity (Wildman–Crippen MR) is 218 cm³/mol. The van der Waals surface area contributed by atoms with E-state index in [1.807, 2.05) is 6.92 Å². The van der Waals surface area contributed by atoms with Crippen LogP contribution in [0.4, 0.5) is 0 Å². The molecule has 49 heavy (non-hydrogen) atoms. The monoisotopic (exact) mass is 844 g/mol. The van der Waals surface area contributed by atoms with Crippen molar-refractivity contribution in [3.63, 3.8) is 0 Å². The van der Waals surface area contributed by atoms with Crippen LogP contribution in [0, 0.1) is 62.3 Å². The van der Waals surface area contributed by atoms with E-state index in [0.29, 0.717) is 0 Å². The lowest BCUT2D eigenvalue weighted by molar-refractivity contribution is 0.860. The van der Waals surface area contributed by atoms with Crippen LogP contribution in [-0.4, -0.2) is 19.1 Å². The maximum atomic E-state index is 4.91. The van der Waals surface area contributed by atoms with Crippen LogP contribution in [0.2, 0.25) is 0 Å². The second-order valence-corrected chi connectivity index (χ2v) is 15.3. The maximum Gasteiger partial charge on any atom is 0.137 e. The van der Waals surface area contributed by atoms with Crippen molar-refractivity contribution in [2.24, 2.45) is 0 Å². The molecule has 0 N–H and O–H groups in total. The topological polar surface area (TPSA) is 35.6 Å². The lowest BCUT2D eigenvalue weighted by atomic mass is 10.0. The Kier molecular flexibility index (Phi) is 13.8. The second-order valence-electron chi connectivity index (χ2n) is 12.9. The van der Waals surface area contributed by atoms with E-state index in [9.17, 15) is 0 Å². The molecule has 0 bridgehead atoms. The van der Waals surface area contributed by atoms with E-state index >= 15 is 0 Å². The first-order valence-electron chi connectivity index (χ1n) is 16.5. The summed E-state index contributed by atoms with van der Waals surface area (Å²) in [5, 5.41) is 0.924. The minimum Gasteiger partial charge on any atom is -0.303 e. The smallest absolute Gasteiger partial charge is 0.137 e. The van der Waals surface area contributed by atoms with Gasteiger partial charge in [-0.1, -0.05) is 59.9 Å². The fourth-order valence-corrected chi connectivity index (χ4v) is 7.71. The molecule has 4 heterocycles. The number of aromatic nitrogens is 4. The summed E-state index contributed by atoms with van der Waals surface area (Å²) in [5.41, 5.74) is 14.9. The largest absolute Gasteiger partial charge is 0.303 e. The van der Waals surface area contributed by atoms with Gasteiger partial charge in [0.15, 0.2) is 0 Å². The minimum absolute atomic E-state index is 0.924. The number of alkyl halides is 1. The SMILES string of the molecule is Cc1cc(Br)cc(CBr)c1.Cc1cc(Br)cc(CCc2cc(C)cc(-n3c(C)ccc3C)n2)c1.Cc1cc(C)nc(-n2c(C)ccc2C)c1. The van der Waals surface area contributed by atoms with E-state index in [4.69, 9.17) is 4.98 Å². The molecule has 4 aromatic heterocycles. The normalized spacial score (nSPS) is 10.7. The van der Waals surface area contributed by atoms with Gasteiger partial charge in [-0.2, -0.15) is 0 Å². The summed E-state index contributed by atoms with van der Waals surface area (Å²) in [5.74, 6) is 2.04. The zero-order valence-corrected chi connectivity index (χ0v) is 34.9. The summed E-state index contributed by atoms with van der Waals surface area (Å²) < 4.78 is 6.70. The Morgan fingerprint density at radius 1 is 0.469 bits per heavy atom. The van der Waals surface area contributed by atoms with Crippen molar-refractivity contribution < 1.29 is 0 Å². The average Bonchev–Trinajstić information content (AvgIpc) is 3.53. The molecule has 0 saturated heterocycles. The van der Waals surface area contributed by atoms with Gasteiger partial charge in [-0.3, -0.25) is 0 Å². The Morgan fingerprint density at radius 3 is 1.37 bits per heavy atom. The molecule has 0 spiro atoms. The quantitative estimate of drug-likeness (QED) is 0.157. The van der Waals surface area contributed by atoms with E-state index in [1.54, 1.807) is 0 Å². The highest BCUT2D eigenvalue weighted by molar-refractivity contribution is 9.10.